The molecule has 3 rings (SSSR count). The molecule has 2 aromatic rings. The molecule has 0 aliphatic carbocycles. The number of ketones is 1. The van der Waals surface area contributed by atoms with E-state index in [0.717, 1.165) is 10.4 Å². The lowest BCUT2D eigenvalue weighted by molar-refractivity contribution is -0.141. The molecule has 0 bridgehead atoms. The molecule has 0 unspecified atom stereocenters. The molecule has 6 nitrogen and oxygen atoms in total. The van der Waals surface area contributed by atoms with E-state index in [4.69, 9.17) is 4.74 Å². The smallest absolute Gasteiger partial charge is 0.433 e. The topological polar surface area (TPSA) is 76.6 Å². The van der Waals surface area contributed by atoms with E-state index in [0.29, 0.717) is 5.56 Å². The number of carbonyl (C=O) groups is 1. The van der Waals surface area contributed by atoms with Gasteiger partial charge in [0.1, 0.15) is 11.8 Å². The van der Waals surface area contributed by atoms with Gasteiger partial charge in [-0.25, -0.2) is 13.4 Å². The van der Waals surface area contributed by atoms with Crippen LogP contribution in [0.4, 0.5) is 13.2 Å². The van der Waals surface area contributed by atoms with Crippen LogP contribution in [-0.4, -0.2) is 42.7 Å². The van der Waals surface area contributed by atoms with E-state index >= 15 is 0 Å². The number of carbonyl (C=O) groups excluding carboxylic acids is 1. The Balaban J connectivity index is 1.64. The van der Waals surface area contributed by atoms with Gasteiger partial charge in [-0.2, -0.15) is 17.5 Å². The zero-order valence-corrected chi connectivity index (χ0v) is 14.9. The van der Waals surface area contributed by atoms with E-state index in [1.165, 1.54) is 43.3 Å². The highest BCUT2D eigenvalue weighted by Gasteiger charge is 2.39. The summed E-state index contributed by atoms with van der Waals surface area (Å²) in [7, 11) is -3.76. The minimum absolute atomic E-state index is 0.00524. The zero-order valence-electron chi connectivity index (χ0n) is 14.1. The number of hydrogen-bond acceptors (Lipinski definition) is 5. The maximum Gasteiger partial charge on any atom is 0.433 e. The van der Waals surface area contributed by atoms with E-state index < -0.39 is 28.0 Å². The van der Waals surface area contributed by atoms with Crippen molar-refractivity contribution in [3.05, 3.63) is 53.7 Å². The monoisotopic (exact) mass is 400 g/mol. The second-order valence-electron chi connectivity index (χ2n) is 6.00. The Labute approximate surface area is 153 Å². The van der Waals surface area contributed by atoms with Crippen molar-refractivity contribution in [2.75, 3.05) is 13.1 Å². The Kier molecular flexibility index (Phi) is 4.96. The number of alkyl halides is 3. The third-order valence-electron chi connectivity index (χ3n) is 4.01. The number of aromatic nitrogens is 1. The fraction of sp³-hybridized carbons (Fsp3) is 0.294. The van der Waals surface area contributed by atoms with Crippen molar-refractivity contribution in [2.24, 2.45) is 0 Å². The molecule has 0 amide bonds. The van der Waals surface area contributed by atoms with Crippen LogP contribution in [-0.2, 0) is 16.2 Å². The second-order valence-corrected chi connectivity index (χ2v) is 7.94. The third-order valence-corrected chi connectivity index (χ3v) is 5.86. The molecule has 1 aromatic carbocycles. The molecule has 27 heavy (non-hydrogen) atoms. The van der Waals surface area contributed by atoms with Crippen LogP contribution in [0.1, 0.15) is 23.0 Å². The number of ether oxygens (including phenoxy) is 1. The van der Waals surface area contributed by atoms with Gasteiger partial charge in [0, 0.05) is 11.6 Å². The Morgan fingerprint density at radius 3 is 2.33 bits per heavy atom. The molecule has 0 spiro atoms. The van der Waals surface area contributed by atoms with E-state index in [1.807, 2.05) is 0 Å². The van der Waals surface area contributed by atoms with Crippen molar-refractivity contribution in [3.63, 3.8) is 0 Å². The Hall–Kier alpha value is -2.46. The van der Waals surface area contributed by atoms with E-state index in [2.05, 4.69) is 4.98 Å². The summed E-state index contributed by atoms with van der Waals surface area (Å²) in [6, 6.07) is 8.82. The first-order valence-electron chi connectivity index (χ1n) is 7.89. The van der Waals surface area contributed by atoms with E-state index in [-0.39, 0.29) is 29.6 Å². The molecule has 10 heteroatoms. The molecular formula is C17H15F3N2O4S. The first-order chi connectivity index (χ1) is 12.6. The lowest BCUT2D eigenvalue weighted by Crippen LogP contribution is -2.56. The van der Waals surface area contributed by atoms with Crippen LogP contribution in [0.5, 0.6) is 5.88 Å². The number of sulfonamides is 1. The molecule has 1 saturated heterocycles. The first-order valence-corrected chi connectivity index (χ1v) is 9.33. The van der Waals surface area contributed by atoms with Crippen molar-refractivity contribution >= 4 is 15.8 Å². The largest absolute Gasteiger partial charge is 0.472 e. The highest BCUT2D eigenvalue weighted by molar-refractivity contribution is 7.89. The summed E-state index contributed by atoms with van der Waals surface area (Å²) in [6.45, 7) is 1.37. The molecule has 0 N–H and O–H groups in total. The van der Waals surface area contributed by atoms with Gasteiger partial charge in [-0.15, -0.1) is 0 Å². The van der Waals surface area contributed by atoms with E-state index in [9.17, 15) is 26.4 Å². The van der Waals surface area contributed by atoms with Crippen LogP contribution < -0.4 is 4.74 Å². The summed E-state index contributed by atoms with van der Waals surface area (Å²) in [4.78, 5) is 14.7. The van der Waals surface area contributed by atoms with Gasteiger partial charge in [-0.3, -0.25) is 4.79 Å². The summed E-state index contributed by atoms with van der Waals surface area (Å²) in [6.07, 6.45) is -5.17. The average molecular weight is 400 g/mol. The molecule has 0 saturated carbocycles. The zero-order chi connectivity index (χ0) is 19.8. The lowest BCUT2D eigenvalue weighted by Gasteiger charge is -2.37. The summed E-state index contributed by atoms with van der Waals surface area (Å²) in [5, 5.41) is 0. The van der Waals surface area contributed by atoms with Gasteiger partial charge in [0.15, 0.2) is 5.78 Å². The SMILES string of the molecule is CC(=O)c1ccc(S(=O)(=O)N2CC(Oc3cccc(C(F)(F)F)n3)C2)cc1. The molecule has 1 aliphatic heterocycles. The van der Waals surface area contributed by atoms with Gasteiger partial charge in [-0.05, 0) is 25.1 Å². The fourth-order valence-corrected chi connectivity index (χ4v) is 3.99. The Bertz CT molecular complexity index is 953. The first kappa shape index (κ1) is 19.3. The van der Waals surface area contributed by atoms with Crippen LogP contribution >= 0.6 is 0 Å². The predicted molar refractivity (Wildman–Crippen MR) is 88.9 cm³/mol. The Morgan fingerprint density at radius 1 is 1.15 bits per heavy atom. The third kappa shape index (κ3) is 4.11. The van der Waals surface area contributed by atoms with Crippen molar-refractivity contribution < 1.29 is 31.1 Å². The van der Waals surface area contributed by atoms with E-state index in [1.54, 1.807) is 0 Å². The van der Waals surface area contributed by atoms with Crippen LogP contribution in [0.25, 0.3) is 0 Å². The lowest BCUT2D eigenvalue weighted by atomic mass is 10.2. The minimum Gasteiger partial charge on any atom is -0.472 e. The molecule has 1 fully saturated rings. The van der Waals surface area contributed by atoms with Crippen molar-refractivity contribution in [1.29, 1.82) is 0 Å². The number of Topliss-reactive ketones (excluding diaryl/α,β-unsaturated/α-hetero) is 1. The van der Waals surface area contributed by atoms with Crippen molar-refractivity contribution in [1.82, 2.24) is 9.29 Å². The van der Waals surface area contributed by atoms with Gasteiger partial charge in [-0.1, -0.05) is 18.2 Å². The molecule has 0 radical (unpaired) electrons. The molecule has 1 aromatic heterocycles. The summed E-state index contributed by atoms with van der Waals surface area (Å²) in [5.41, 5.74) is -0.677. The summed E-state index contributed by atoms with van der Waals surface area (Å²) < 4.78 is 69.5. The molecule has 144 valence electrons. The van der Waals surface area contributed by atoms with Crippen molar-refractivity contribution in [2.45, 2.75) is 24.1 Å². The molecule has 1 aliphatic rings. The number of rotatable bonds is 5. The van der Waals surface area contributed by atoms with Gasteiger partial charge in [0.2, 0.25) is 15.9 Å². The maximum atomic E-state index is 12.7. The fourth-order valence-electron chi connectivity index (χ4n) is 2.49. The van der Waals surface area contributed by atoms with Crippen LogP contribution in [0, 0.1) is 0 Å². The van der Waals surface area contributed by atoms with Gasteiger partial charge >= 0.3 is 6.18 Å². The standard InChI is InChI=1S/C17H15F3N2O4S/c1-11(23)12-5-7-14(8-6-12)27(24,25)22-9-13(10-22)26-16-4-2-3-15(21-16)17(18,19)20/h2-8,13H,9-10H2,1H3. The number of benzene rings is 1. The molecule has 0 atom stereocenters. The van der Waals surface area contributed by atoms with Gasteiger partial charge in [0.25, 0.3) is 0 Å². The molecular weight excluding hydrogens is 385 g/mol. The minimum atomic E-state index is -4.58. The highest BCUT2D eigenvalue weighted by Crippen LogP contribution is 2.30. The number of halogens is 3. The van der Waals surface area contributed by atoms with Crippen LogP contribution in [0.15, 0.2) is 47.4 Å². The normalized spacial score (nSPS) is 16.0. The second kappa shape index (κ2) is 6.93. The number of hydrogen-bond donors (Lipinski definition) is 0. The van der Waals surface area contributed by atoms with Gasteiger partial charge < -0.3 is 4.74 Å². The number of nitrogens with zero attached hydrogens (tertiary/aromatic N) is 2. The number of pyridine rings is 1. The van der Waals surface area contributed by atoms with Crippen molar-refractivity contribution in [3.8, 4) is 5.88 Å². The summed E-state index contributed by atoms with van der Waals surface area (Å²) >= 11 is 0. The maximum absolute atomic E-state index is 12.7. The quantitative estimate of drug-likeness (QED) is 0.722. The Morgan fingerprint density at radius 2 is 1.78 bits per heavy atom. The highest BCUT2D eigenvalue weighted by atomic mass is 32.2. The predicted octanol–water partition coefficient (Wildman–Crippen LogP) is 2.75. The molecule has 2 heterocycles. The van der Waals surface area contributed by atoms with Crippen LogP contribution in [0.2, 0.25) is 0 Å². The summed E-state index contributed by atoms with van der Waals surface area (Å²) in [5.74, 6) is -0.386. The van der Waals surface area contributed by atoms with Crippen LogP contribution in [0.3, 0.4) is 0 Å². The van der Waals surface area contributed by atoms with Gasteiger partial charge in [0.05, 0.1) is 18.0 Å². The average Bonchev–Trinajstić information content (AvgIpc) is 2.57.